The van der Waals surface area contributed by atoms with Crippen molar-refractivity contribution in [2.75, 3.05) is 88.6 Å². The van der Waals surface area contributed by atoms with Crippen molar-refractivity contribution in [1.29, 1.82) is 0 Å². The summed E-state index contributed by atoms with van der Waals surface area (Å²) in [6, 6.07) is 34.9. The molecule has 13 aromatic rings. The number of aromatic nitrogens is 18. The van der Waals surface area contributed by atoms with E-state index in [1.165, 1.54) is 124 Å². The lowest BCUT2D eigenvalue weighted by Crippen LogP contribution is -2.20. The van der Waals surface area contributed by atoms with Crippen molar-refractivity contribution >= 4 is 67.9 Å². The molecule has 9 aromatic heterocycles. The van der Waals surface area contributed by atoms with Crippen LogP contribution in [0.2, 0.25) is 0 Å². The Morgan fingerprint density at radius 2 is 0.712 bits per heavy atom. The van der Waals surface area contributed by atoms with Gasteiger partial charge in [-0.3, -0.25) is 14.7 Å². The summed E-state index contributed by atoms with van der Waals surface area (Å²) in [5.41, 5.74) is 39.0. The summed E-state index contributed by atoms with van der Waals surface area (Å²) in [5, 5.41) is 0. The number of likely N-dealkylation sites (tertiary alicyclic amines) is 3. The zero-order valence-electron chi connectivity index (χ0n) is 68.0. The fourth-order valence-electron chi connectivity index (χ4n) is 15.3. The average Bonchev–Trinajstić information content (AvgIpc) is 1.64. The van der Waals surface area contributed by atoms with Crippen LogP contribution < -0.4 is 41.9 Å². The minimum Gasteiger partial charge on any atom is -0.463 e. The van der Waals surface area contributed by atoms with Crippen LogP contribution in [0.15, 0.2) is 116 Å². The van der Waals surface area contributed by atoms with Gasteiger partial charge in [-0.2, -0.15) is 53.0 Å². The third-order valence-corrected chi connectivity index (χ3v) is 21.9. The number of ether oxygens (including phenoxy) is 4. The summed E-state index contributed by atoms with van der Waals surface area (Å²) < 4.78 is 69.5. The molecule has 0 bridgehead atoms. The third kappa shape index (κ3) is 21.4. The summed E-state index contributed by atoms with van der Waals surface area (Å²) in [4.78, 5) is 64.5. The molecular weight excluding hydrogens is 1500 g/mol. The van der Waals surface area contributed by atoms with Gasteiger partial charge in [0, 0.05) is 38.6 Å². The summed E-state index contributed by atoms with van der Waals surface area (Å²) in [6.07, 6.45) is 16.9. The first-order valence-corrected chi connectivity index (χ1v) is 41.3. The summed E-state index contributed by atoms with van der Waals surface area (Å²) in [7, 11) is 0. The molecule has 3 aliphatic heterocycles. The van der Waals surface area contributed by atoms with Crippen LogP contribution in [0, 0.1) is 39.5 Å². The predicted molar refractivity (Wildman–Crippen MR) is 448 cm³/mol. The zero-order valence-corrected chi connectivity index (χ0v) is 68.0. The maximum atomic E-state index is 12.5. The summed E-state index contributed by atoms with van der Waals surface area (Å²) in [5.74, 6) is 5.79. The van der Waals surface area contributed by atoms with E-state index in [1.807, 2.05) is 54.6 Å². The number of nitrogens with two attached hydrogens (primary N) is 4. The first-order valence-electron chi connectivity index (χ1n) is 41.3. The Labute approximate surface area is 683 Å². The second kappa shape index (κ2) is 37.3. The number of nitrogens with zero attached hydrogens (tertiary/aromatic N) is 21. The van der Waals surface area contributed by atoms with E-state index in [2.05, 4.69) is 185 Å². The van der Waals surface area contributed by atoms with E-state index in [1.54, 1.807) is 13.1 Å². The predicted octanol–water partition coefficient (Wildman–Crippen LogP) is 13.2. The quantitative estimate of drug-likeness (QED) is 0.0316. The molecule has 2 saturated carbocycles. The molecule has 0 unspecified atom stereocenters. The molecule has 12 heterocycles. The van der Waals surface area contributed by atoms with Crippen molar-refractivity contribution in [2.24, 2.45) is 11.8 Å². The monoisotopic (exact) mass is 1610 g/mol. The van der Waals surface area contributed by atoms with Crippen LogP contribution in [0.4, 0.5) is 36.4 Å². The van der Waals surface area contributed by atoms with Gasteiger partial charge < -0.3 is 64.7 Å². The van der Waals surface area contributed by atoms with Crippen LogP contribution in [-0.4, -0.2) is 174 Å². The molecule has 0 amide bonds. The van der Waals surface area contributed by atoms with Crippen molar-refractivity contribution in [1.82, 2.24) is 102 Å². The SMILES string of the molecule is CCCCOc1nc(N)c2nc(C)n(Cc3cccc(Cn4ccnc4)c3)c2n1.Cc1nc2c(N)nc(OCC(F)(F)F)nc2n1Cc1cccc(CN2CCCC2)c1.Cc1nc2c(N)nc(OCC3CC3)nc2n1Cc1cccc(CN2CCCC2)c1.Cc1nc2c(N)nc(OCCC3CC3)nc2n1Cc1cccc(CN2CCCC2)c1. The molecule has 4 aromatic carbocycles. The van der Waals surface area contributed by atoms with Gasteiger partial charge in [0.15, 0.2) is 74.5 Å². The van der Waals surface area contributed by atoms with Gasteiger partial charge in [0.25, 0.3) is 0 Å². The number of aryl methyl sites for hydroxylation is 4. The maximum absolute atomic E-state index is 12.5. The molecule has 2 aliphatic carbocycles. The normalized spacial score (nSPS) is 15.2. The van der Waals surface area contributed by atoms with Gasteiger partial charge in [0.1, 0.15) is 23.3 Å². The molecule has 620 valence electrons. The smallest absolute Gasteiger partial charge is 0.422 e. The van der Waals surface area contributed by atoms with Crippen molar-refractivity contribution < 1.29 is 32.1 Å². The highest BCUT2D eigenvalue weighted by Gasteiger charge is 2.31. The number of rotatable bonds is 29. The number of alkyl halides is 3. The molecule has 5 fully saturated rings. The maximum Gasteiger partial charge on any atom is 0.422 e. The van der Waals surface area contributed by atoms with E-state index in [-0.39, 0.29) is 5.82 Å². The number of hydrogen-bond donors (Lipinski definition) is 4. The molecule has 8 N–H and O–H groups in total. The fraction of sp³-hybridized carbons (Fsp3) is 0.453. The Morgan fingerprint density at radius 3 is 1.03 bits per heavy atom. The van der Waals surface area contributed by atoms with Crippen molar-refractivity contribution in [2.45, 2.75) is 177 Å². The Hall–Kier alpha value is -11.6. The first-order chi connectivity index (χ1) is 57.2. The zero-order chi connectivity index (χ0) is 81.8. The van der Waals surface area contributed by atoms with E-state index in [0.29, 0.717) is 127 Å². The minimum absolute atomic E-state index is 0.0122. The van der Waals surface area contributed by atoms with Gasteiger partial charge in [-0.15, -0.1) is 0 Å². The summed E-state index contributed by atoms with van der Waals surface area (Å²) >= 11 is 0. The Bertz CT molecular complexity index is 5560. The van der Waals surface area contributed by atoms with Crippen LogP contribution in [0.1, 0.15) is 158 Å². The Balaban J connectivity index is 0.000000123. The lowest BCUT2D eigenvalue weighted by Gasteiger charge is -2.15. The number of fused-ring (bicyclic) bond motifs is 4. The Morgan fingerprint density at radius 1 is 0.390 bits per heavy atom. The highest BCUT2D eigenvalue weighted by Crippen LogP contribution is 2.34. The number of imidazole rings is 5. The molecule has 32 heteroatoms. The highest BCUT2D eigenvalue weighted by atomic mass is 19.4. The van der Waals surface area contributed by atoms with Gasteiger partial charge in [0.05, 0.1) is 52.3 Å². The molecule has 29 nitrogen and oxygen atoms in total. The lowest BCUT2D eigenvalue weighted by molar-refractivity contribution is -0.154. The number of halogens is 3. The second-order valence-corrected chi connectivity index (χ2v) is 31.6. The second-order valence-electron chi connectivity index (χ2n) is 31.6. The molecule has 0 radical (unpaired) electrons. The van der Waals surface area contributed by atoms with E-state index >= 15 is 0 Å². The van der Waals surface area contributed by atoms with Gasteiger partial charge in [-0.05, 0) is 188 Å². The molecule has 0 atom stereocenters. The van der Waals surface area contributed by atoms with Crippen LogP contribution in [-0.2, 0) is 52.4 Å². The van der Waals surface area contributed by atoms with Gasteiger partial charge in [-0.1, -0.05) is 123 Å². The Kier molecular flexibility index (Phi) is 25.8. The van der Waals surface area contributed by atoms with E-state index in [4.69, 9.17) is 41.9 Å². The highest BCUT2D eigenvalue weighted by molar-refractivity contribution is 5.85. The molecule has 0 spiro atoms. The van der Waals surface area contributed by atoms with Crippen LogP contribution in [0.25, 0.3) is 44.7 Å². The number of hydrogen-bond acceptors (Lipinski definition) is 24. The van der Waals surface area contributed by atoms with Gasteiger partial charge in [0.2, 0.25) is 0 Å². The van der Waals surface area contributed by atoms with E-state index in [0.717, 1.165) is 104 Å². The van der Waals surface area contributed by atoms with Crippen LogP contribution in [0.5, 0.6) is 24.0 Å². The van der Waals surface area contributed by atoms with Crippen molar-refractivity contribution in [3.8, 4) is 24.0 Å². The standard InChI is InChI=1S/C23H30N6O.C22H28N6O.C21H25N7O.C20H23F3N6O/c1-16-25-20-21(24)26-23(30-12-9-17-7-8-17)27-22(20)29(16)15-19-6-4-5-18(13-19)14-28-10-2-3-11-28;1-15-24-19-20(23)25-22(29-14-16-7-8-16)26-21(19)28(15)13-18-6-4-5-17(11-18)12-27-9-2-3-10-27;1-3-4-10-29-21-25-19(22)18-20(26-21)28(15(2)24-18)13-17-7-5-6-16(11-17)12-27-9-8-23-14-27;1-13-25-16-17(24)26-19(30-12-20(21,22)23)27-18(16)29(13)11-15-6-4-5-14(9-15)10-28-7-2-3-8-28/h4-6,13,17H,2-3,7-12,14-15H2,1H3,(H2,24,26,27);4-6,11,16H,2-3,7-10,12-14H2,1H3,(H2,23,25,26);5-9,11,14H,3-4,10,12-13H2,1-2H3,(H2,22,25,26);4-6,9H,2-3,7-8,10-12H2,1H3,(H2,24,26,27). The van der Waals surface area contributed by atoms with Crippen molar-refractivity contribution in [3.05, 3.63) is 184 Å². The fourth-order valence-corrected chi connectivity index (χ4v) is 15.3. The topological polar surface area (TPSA) is 343 Å². The lowest BCUT2D eigenvalue weighted by atomic mass is 10.1. The number of unbranched alkanes of at least 4 members (excludes halogenated alkanes) is 1. The van der Waals surface area contributed by atoms with Crippen molar-refractivity contribution in [3.63, 3.8) is 0 Å². The average molecular weight is 1610 g/mol. The molecule has 18 rings (SSSR count). The summed E-state index contributed by atoms with van der Waals surface area (Å²) in [6.45, 7) is 23.5. The molecule has 5 aliphatic rings. The molecule has 3 saturated heterocycles. The van der Waals surface area contributed by atoms with Crippen LogP contribution in [0.3, 0.4) is 0 Å². The van der Waals surface area contributed by atoms with Crippen LogP contribution >= 0.6 is 0 Å². The van der Waals surface area contributed by atoms with Gasteiger partial charge >= 0.3 is 30.2 Å². The number of nitrogen functional groups attached to an aromatic ring is 4. The largest absolute Gasteiger partial charge is 0.463 e. The first kappa shape index (κ1) is 81.5. The molecule has 118 heavy (non-hydrogen) atoms. The van der Waals surface area contributed by atoms with Gasteiger partial charge in [-0.25, -0.2) is 24.9 Å². The molecular formula is C86H106F3N25O4. The number of benzene rings is 4. The minimum atomic E-state index is -4.49. The van der Waals surface area contributed by atoms with E-state index < -0.39 is 18.8 Å². The van der Waals surface area contributed by atoms with E-state index in [9.17, 15) is 13.2 Å². The third-order valence-electron chi connectivity index (χ3n) is 21.9. The number of anilines is 4.